The number of piperazine rings is 1. The molecule has 1 heterocycles. The molecule has 1 saturated heterocycles. The summed E-state index contributed by atoms with van der Waals surface area (Å²) in [4.78, 5) is 4.54. The van der Waals surface area contributed by atoms with Crippen molar-refractivity contribution in [1.82, 2.24) is 9.80 Å². The summed E-state index contributed by atoms with van der Waals surface area (Å²) in [6, 6.07) is 0. The SMILES string of the molecule is C#CCN1CCN(C[C@H](C)O)CC1. The van der Waals surface area contributed by atoms with Gasteiger partial charge in [-0.25, -0.2) is 0 Å². The van der Waals surface area contributed by atoms with Gasteiger partial charge < -0.3 is 5.11 Å². The van der Waals surface area contributed by atoms with Crippen LogP contribution in [0.1, 0.15) is 6.92 Å². The van der Waals surface area contributed by atoms with Crippen molar-refractivity contribution >= 4 is 0 Å². The van der Waals surface area contributed by atoms with Crippen LogP contribution in [-0.2, 0) is 0 Å². The van der Waals surface area contributed by atoms with Gasteiger partial charge in [0.25, 0.3) is 0 Å². The topological polar surface area (TPSA) is 26.7 Å². The summed E-state index contributed by atoms with van der Waals surface area (Å²) in [7, 11) is 0. The lowest BCUT2D eigenvalue weighted by Gasteiger charge is -2.34. The fourth-order valence-electron chi connectivity index (χ4n) is 1.63. The zero-order valence-corrected chi connectivity index (χ0v) is 8.24. The van der Waals surface area contributed by atoms with E-state index in [1.54, 1.807) is 0 Å². The van der Waals surface area contributed by atoms with Gasteiger partial charge in [0.2, 0.25) is 0 Å². The molecule has 13 heavy (non-hydrogen) atoms. The first-order valence-electron chi connectivity index (χ1n) is 4.78. The second-order valence-corrected chi connectivity index (χ2v) is 3.63. The third-order valence-electron chi connectivity index (χ3n) is 2.30. The largest absolute Gasteiger partial charge is 0.392 e. The summed E-state index contributed by atoms with van der Waals surface area (Å²) < 4.78 is 0. The van der Waals surface area contributed by atoms with E-state index in [0.717, 1.165) is 39.3 Å². The van der Waals surface area contributed by atoms with E-state index in [2.05, 4.69) is 15.7 Å². The molecule has 0 unspecified atom stereocenters. The Morgan fingerprint density at radius 2 is 1.85 bits per heavy atom. The van der Waals surface area contributed by atoms with Crippen molar-refractivity contribution in [3.63, 3.8) is 0 Å². The molecule has 1 atom stereocenters. The van der Waals surface area contributed by atoms with Gasteiger partial charge in [0, 0.05) is 32.7 Å². The Kier molecular flexibility index (Phi) is 4.23. The predicted molar refractivity (Wildman–Crippen MR) is 53.4 cm³/mol. The van der Waals surface area contributed by atoms with Crippen LogP contribution in [0, 0.1) is 12.3 Å². The minimum atomic E-state index is -0.223. The summed E-state index contributed by atoms with van der Waals surface area (Å²) in [6.45, 7) is 7.45. The third-order valence-corrected chi connectivity index (χ3v) is 2.30. The predicted octanol–water partition coefficient (Wildman–Crippen LogP) is -0.382. The summed E-state index contributed by atoms with van der Waals surface area (Å²) in [5.74, 6) is 2.65. The molecule has 0 spiro atoms. The van der Waals surface area contributed by atoms with Gasteiger partial charge in [-0.2, -0.15) is 0 Å². The molecule has 0 bridgehead atoms. The molecule has 0 aromatic heterocycles. The zero-order valence-electron chi connectivity index (χ0n) is 8.24. The lowest BCUT2D eigenvalue weighted by molar-refractivity contribution is 0.0858. The smallest absolute Gasteiger partial charge is 0.0639 e. The molecular formula is C10H18N2O. The number of terminal acetylenes is 1. The van der Waals surface area contributed by atoms with Crippen molar-refractivity contribution < 1.29 is 5.11 Å². The molecule has 3 heteroatoms. The maximum absolute atomic E-state index is 9.19. The quantitative estimate of drug-likeness (QED) is 0.603. The van der Waals surface area contributed by atoms with Gasteiger partial charge in [-0.1, -0.05) is 5.92 Å². The molecule has 0 amide bonds. The standard InChI is InChI=1S/C10H18N2O/c1-3-4-11-5-7-12(8-6-11)9-10(2)13/h1,10,13H,4-9H2,2H3/t10-/m0/s1. The molecule has 0 radical (unpaired) electrons. The van der Waals surface area contributed by atoms with Crippen LogP contribution in [0.4, 0.5) is 0 Å². The number of aliphatic hydroxyl groups excluding tert-OH is 1. The van der Waals surface area contributed by atoms with Crippen molar-refractivity contribution in [2.24, 2.45) is 0 Å². The van der Waals surface area contributed by atoms with Crippen molar-refractivity contribution in [2.45, 2.75) is 13.0 Å². The Morgan fingerprint density at radius 1 is 1.31 bits per heavy atom. The Hall–Kier alpha value is -0.560. The molecule has 0 aliphatic carbocycles. The first kappa shape index (κ1) is 10.5. The Morgan fingerprint density at radius 3 is 2.31 bits per heavy atom. The maximum atomic E-state index is 9.19. The van der Waals surface area contributed by atoms with Crippen molar-refractivity contribution in [1.29, 1.82) is 0 Å². The monoisotopic (exact) mass is 182 g/mol. The van der Waals surface area contributed by atoms with Crippen molar-refractivity contribution in [2.75, 3.05) is 39.3 Å². The van der Waals surface area contributed by atoms with Crippen molar-refractivity contribution in [3.05, 3.63) is 0 Å². The summed E-state index contributed by atoms with van der Waals surface area (Å²) in [5.41, 5.74) is 0. The highest BCUT2D eigenvalue weighted by Crippen LogP contribution is 2.01. The fourth-order valence-corrected chi connectivity index (χ4v) is 1.63. The molecule has 1 fully saturated rings. The van der Waals surface area contributed by atoms with Crippen LogP contribution in [-0.4, -0.2) is 60.3 Å². The van der Waals surface area contributed by atoms with Crippen LogP contribution in [0.25, 0.3) is 0 Å². The van der Waals surface area contributed by atoms with Crippen LogP contribution in [0.5, 0.6) is 0 Å². The molecule has 1 aliphatic rings. The number of β-amino-alcohol motifs (C(OH)–C–C–N with tert-alkyl or cyclic N) is 1. The number of hydrogen-bond donors (Lipinski definition) is 1. The lowest BCUT2D eigenvalue weighted by Crippen LogP contribution is -2.48. The van der Waals surface area contributed by atoms with E-state index in [-0.39, 0.29) is 6.10 Å². The second kappa shape index (κ2) is 5.23. The van der Waals surface area contributed by atoms with Gasteiger partial charge in [-0.05, 0) is 6.92 Å². The average Bonchev–Trinajstić information content (AvgIpc) is 2.08. The molecule has 0 saturated carbocycles. The van der Waals surface area contributed by atoms with Crippen LogP contribution < -0.4 is 0 Å². The normalized spacial score (nSPS) is 22.5. The number of hydrogen-bond acceptors (Lipinski definition) is 3. The van der Waals surface area contributed by atoms with Gasteiger partial charge in [0.05, 0.1) is 12.6 Å². The highest BCUT2D eigenvalue weighted by Gasteiger charge is 2.16. The van der Waals surface area contributed by atoms with Crippen LogP contribution >= 0.6 is 0 Å². The highest BCUT2D eigenvalue weighted by atomic mass is 16.3. The Labute approximate surface area is 80.3 Å². The van der Waals surface area contributed by atoms with E-state index in [1.165, 1.54) is 0 Å². The number of nitrogens with zero attached hydrogens (tertiary/aromatic N) is 2. The van der Waals surface area contributed by atoms with Crippen LogP contribution in [0.2, 0.25) is 0 Å². The first-order valence-corrected chi connectivity index (χ1v) is 4.78. The van der Waals surface area contributed by atoms with Gasteiger partial charge in [0.15, 0.2) is 0 Å². The summed E-state index contributed by atoms with van der Waals surface area (Å²) in [6.07, 6.45) is 5.01. The van der Waals surface area contributed by atoms with Gasteiger partial charge in [0.1, 0.15) is 0 Å². The van der Waals surface area contributed by atoms with Gasteiger partial charge >= 0.3 is 0 Å². The molecule has 3 nitrogen and oxygen atoms in total. The van der Waals surface area contributed by atoms with Crippen LogP contribution in [0.15, 0.2) is 0 Å². The van der Waals surface area contributed by atoms with E-state index in [9.17, 15) is 5.11 Å². The zero-order chi connectivity index (χ0) is 9.68. The van der Waals surface area contributed by atoms with E-state index in [1.807, 2.05) is 6.92 Å². The number of rotatable bonds is 3. The van der Waals surface area contributed by atoms with Gasteiger partial charge in [-0.15, -0.1) is 6.42 Å². The van der Waals surface area contributed by atoms with Crippen molar-refractivity contribution in [3.8, 4) is 12.3 Å². The average molecular weight is 182 g/mol. The molecule has 0 aromatic rings. The summed E-state index contributed by atoms with van der Waals surface area (Å²) in [5, 5.41) is 9.19. The first-order chi connectivity index (χ1) is 6.22. The minimum Gasteiger partial charge on any atom is -0.392 e. The van der Waals surface area contributed by atoms with E-state index < -0.39 is 0 Å². The molecule has 1 N–H and O–H groups in total. The minimum absolute atomic E-state index is 0.223. The molecule has 1 aliphatic heterocycles. The Bertz CT molecular complexity index is 178. The molecule has 74 valence electrons. The van der Waals surface area contributed by atoms with E-state index in [4.69, 9.17) is 6.42 Å². The second-order valence-electron chi connectivity index (χ2n) is 3.63. The lowest BCUT2D eigenvalue weighted by atomic mass is 10.3. The molecule has 1 rings (SSSR count). The maximum Gasteiger partial charge on any atom is 0.0639 e. The van der Waals surface area contributed by atoms with E-state index >= 15 is 0 Å². The molecule has 0 aromatic carbocycles. The number of aliphatic hydroxyl groups is 1. The molecular weight excluding hydrogens is 164 g/mol. The fraction of sp³-hybridized carbons (Fsp3) is 0.800. The third kappa shape index (κ3) is 3.77. The van der Waals surface area contributed by atoms with Gasteiger partial charge in [-0.3, -0.25) is 9.80 Å². The van der Waals surface area contributed by atoms with Crippen LogP contribution in [0.3, 0.4) is 0 Å². The highest BCUT2D eigenvalue weighted by molar-refractivity contribution is 4.89. The Balaban J connectivity index is 2.19. The summed E-state index contributed by atoms with van der Waals surface area (Å²) >= 11 is 0. The van der Waals surface area contributed by atoms with E-state index in [0.29, 0.717) is 0 Å².